The Kier molecular flexibility index (Phi) is 6.54. The minimum absolute atomic E-state index is 0.0136. The first-order chi connectivity index (χ1) is 15.0. The maximum Gasteiger partial charge on any atom is 0.253 e. The molecule has 1 atom stereocenters. The van der Waals surface area contributed by atoms with Crippen molar-refractivity contribution < 1.29 is 9.59 Å². The average Bonchev–Trinajstić information content (AvgIpc) is 2.79. The molecular weight excluding hydrogens is 388 g/mol. The van der Waals surface area contributed by atoms with Crippen LogP contribution in [0.25, 0.3) is 0 Å². The number of nitrogens with one attached hydrogen (secondary N) is 1. The summed E-state index contributed by atoms with van der Waals surface area (Å²) in [5.74, 6) is 0.636. The van der Waals surface area contributed by atoms with Crippen LogP contribution in [0.15, 0.2) is 36.5 Å². The van der Waals surface area contributed by atoms with Gasteiger partial charge in [0.2, 0.25) is 5.91 Å². The monoisotopic (exact) mass is 420 g/mol. The molecule has 2 aliphatic heterocycles. The van der Waals surface area contributed by atoms with Crippen LogP contribution in [0, 0.1) is 19.8 Å². The smallest absolute Gasteiger partial charge is 0.253 e. The Labute approximate surface area is 184 Å². The number of aromatic nitrogens is 1. The Morgan fingerprint density at radius 2 is 1.74 bits per heavy atom. The van der Waals surface area contributed by atoms with Gasteiger partial charge in [0, 0.05) is 37.9 Å². The summed E-state index contributed by atoms with van der Waals surface area (Å²) in [6.45, 7) is 7.11. The molecule has 2 saturated heterocycles. The minimum Gasteiger partial charge on any atom is -0.355 e. The molecule has 164 valence electrons. The van der Waals surface area contributed by atoms with Gasteiger partial charge in [0.15, 0.2) is 5.82 Å². The Morgan fingerprint density at radius 3 is 2.48 bits per heavy atom. The van der Waals surface area contributed by atoms with E-state index in [0.29, 0.717) is 18.7 Å². The number of aryl methyl sites for hydroxylation is 2. The van der Waals surface area contributed by atoms with Gasteiger partial charge in [0.05, 0.1) is 11.6 Å². The zero-order valence-electron chi connectivity index (χ0n) is 18.6. The molecule has 1 aromatic carbocycles. The molecule has 1 aromatic heterocycles. The first-order valence-corrected chi connectivity index (χ1v) is 11.4. The second-order valence-corrected chi connectivity index (χ2v) is 8.88. The highest BCUT2D eigenvalue weighted by Crippen LogP contribution is 2.27. The van der Waals surface area contributed by atoms with E-state index in [4.69, 9.17) is 0 Å². The van der Waals surface area contributed by atoms with Gasteiger partial charge in [-0.3, -0.25) is 9.59 Å². The number of pyridine rings is 1. The van der Waals surface area contributed by atoms with Gasteiger partial charge < -0.3 is 15.1 Å². The Balaban J connectivity index is 1.44. The van der Waals surface area contributed by atoms with Crippen molar-refractivity contribution >= 4 is 23.3 Å². The molecule has 1 unspecified atom stereocenters. The molecule has 0 saturated carbocycles. The summed E-state index contributed by atoms with van der Waals surface area (Å²) in [7, 11) is 0. The third-order valence-electron chi connectivity index (χ3n) is 6.25. The SMILES string of the molecule is Cc1cc(C)cc(C(=O)N2CCCC(C(=O)Nc3cccnc3N3CCCCC3)C2)c1. The fourth-order valence-corrected chi connectivity index (χ4v) is 4.74. The predicted molar refractivity (Wildman–Crippen MR) is 123 cm³/mol. The first kappa shape index (κ1) is 21.3. The zero-order chi connectivity index (χ0) is 21.8. The lowest BCUT2D eigenvalue weighted by Gasteiger charge is -2.33. The highest BCUT2D eigenvalue weighted by molar-refractivity contribution is 5.97. The Bertz CT molecular complexity index is 932. The summed E-state index contributed by atoms with van der Waals surface area (Å²) in [5.41, 5.74) is 3.64. The molecule has 6 heteroatoms. The van der Waals surface area contributed by atoms with Gasteiger partial charge in [-0.1, -0.05) is 17.2 Å². The van der Waals surface area contributed by atoms with Gasteiger partial charge in [0.1, 0.15) is 0 Å². The van der Waals surface area contributed by atoms with Gasteiger partial charge in [0.25, 0.3) is 5.91 Å². The summed E-state index contributed by atoms with van der Waals surface area (Å²) < 4.78 is 0. The third-order valence-corrected chi connectivity index (χ3v) is 6.25. The maximum absolute atomic E-state index is 13.1. The van der Waals surface area contributed by atoms with Crippen molar-refractivity contribution in [1.82, 2.24) is 9.88 Å². The maximum atomic E-state index is 13.1. The molecule has 2 fully saturated rings. The molecule has 6 nitrogen and oxygen atoms in total. The minimum atomic E-state index is -0.210. The molecule has 1 N–H and O–H groups in total. The molecule has 0 aliphatic carbocycles. The van der Waals surface area contributed by atoms with E-state index in [9.17, 15) is 9.59 Å². The summed E-state index contributed by atoms with van der Waals surface area (Å²) in [6, 6.07) is 9.71. The van der Waals surface area contributed by atoms with Crippen LogP contribution in [0.4, 0.5) is 11.5 Å². The van der Waals surface area contributed by atoms with E-state index >= 15 is 0 Å². The van der Waals surface area contributed by atoms with Crippen LogP contribution in [0.5, 0.6) is 0 Å². The van der Waals surface area contributed by atoms with E-state index in [-0.39, 0.29) is 17.7 Å². The number of piperidine rings is 2. The second-order valence-electron chi connectivity index (χ2n) is 8.88. The van der Waals surface area contributed by atoms with E-state index < -0.39 is 0 Å². The average molecular weight is 421 g/mol. The lowest BCUT2D eigenvalue weighted by molar-refractivity contribution is -0.121. The second kappa shape index (κ2) is 9.50. The van der Waals surface area contributed by atoms with E-state index in [1.54, 1.807) is 6.20 Å². The van der Waals surface area contributed by atoms with Crippen molar-refractivity contribution in [2.45, 2.75) is 46.0 Å². The van der Waals surface area contributed by atoms with Crippen LogP contribution in [-0.4, -0.2) is 47.9 Å². The van der Waals surface area contributed by atoms with E-state index in [1.165, 1.54) is 6.42 Å². The van der Waals surface area contributed by atoms with E-state index in [1.807, 2.05) is 43.0 Å². The molecule has 2 aliphatic rings. The quantitative estimate of drug-likeness (QED) is 0.806. The molecule has 0 radical (unpaired) electrons. The molecule has 4 rings (SSSR count). The number of carbonyl (C=O) groups excluding carboxylic acids is 2. The van der Waals surface area contributed by atoms with Crippen molar-refractivity contribution in [3.63, 3.8) is 0 Å². The third kappa shape index (κ3) is 5.06. The van der Waals surface area contributed by atoms with Crippen LogP contribution >= 0.6 is 0 Å². The number of anilines is 2. The molecular formula is C25H32N4O2. The largest absolute Gasteiger partial charge is 0.355 e. The summed E-state index contributed by atoms with van der Waals surface area (Å²) in [5, 5.41) is 3.11. The van der Waals surface area contributed by atoms with E-state index in [2.05, 4.69) is 21.3 Å². The highest BCUT2D eigenvalue weighted by atomic mass is 16.2. The van der Waals surface area contributed by atoms with Gasteiger partial charge in [-0.2, -0.15) is 0 Å². The standard InChI is InChI=1S/C25H32N4O2/c1-18-14-19(2)16-21(15-18)25(31)29-13-7-8-20(17-29)24(30)27-22-9-6-10-26-23(22)28-11-4-3-5-12-28/h6,9-10,14-16,20H,3-5,7-8,11-13,17H2,1-2H3,(H,27,30). The molecule has 0 spiro atoms. The van der Waals surface area contributed by atoms with Crippen LogP contribution < -0.4 is 10.2 Å². The lowest BCUT2D eigenvalue weighted by Crippen LogP contribution is -2.44. The predicted octanol–water partition coefficient (Wildman–Crippen LogP) is 4.18. The van der Waals surface area contributed by atoms with Crippen molar-refractivity contribution in [2.75, 3.05) is 36.4 Å². The number of hydrogen-bond acceptors (Lipinski definition) is 4. The van der Waals surface area contributed by atoms with Gasteiger partial charge in [-0.05, 0) is 70.2 Å². The van der Waals surface area contributed by atoms with Gasteiger partial charge in [-0.15, -0.1) is 0 Å². The molecule has 31 heavy (non-hydrogen) atoms. The number of benzene rings is 1. The number of amides is 2. The highest BCUT2D eigenvalue weighted by Gasteiger charge is 2.30. The van der Waals surface area contributed by atoms with Crippen LogP contribution in [0.1, 0.15) is 53.6 Å². The Morgan fingerprint density at radius 1 is 1.00 bits per heavy atom. The van der Waals surface area contributed by atoms with E-state index in [0.717, 1.165) is 61.4 Å². The van der Waals surface area contributed by atoms with Crippen molar-refractivity contribution in [1.29, 1.82) is 0 Å². The fourth-order valence-electron chi connectivity index (χ4n) is 4.74. The molecule has 2 aromatic rings. The fraction of sp³-hybridized carbons (Fsp3) is 0.480. The molecule has 3 heterocycles. The number of nitrogens with zero attached hydrogens (tertiary/aromatic N) is 3. The topological polar surface area (TPSA) is 65.5 Å². The number of rotatable bonds is 4. The normalized spacial score (nSPS) is 19.2. The first-order valence-electron chi connectivity index (χ1n) is 11.4. The van der Waals surface area contributed by atoms with Gasteiger partial charge >= 0.3 is 0 Å². The lowest BCUT2D eigenvalue weighted by atomic mass is 9.96. The van der Waals surface area contributed by atoms with Crippen molar-refractivity contribution in [3.8, 4) is 0 Å². The van der Waals surface area contributed by atoms with Crippen LogP contribution in [-0.2, 0) is 4.79 Å². The van der Waals surface area contributed by atoms with Crippen molar-refractivity contribution in [2.24, 2.45) is 5.92 Å². The molecule has 2 amide bonds. The van der Waals surface area contributed by atoms with Gasteiger partial charge in [-0.25, -0.2) is 4.98 Å². The molecule has 0 bridgehead atoms. The van der Waals surface area contributed by atoms with Crippen molar-refractivity contribution in [3.05, 3.63) is 53.2 Å². The number of likely N-dealkylation sites (tertiary alicyclic amines) is 1. The van der Waals surface area contributed by atoms with Crippen LogP contribution in [0.3, 0.4) is 0 Å². The van der Waals surface area contributed by atoms with Crippen LogP contribution in [0.2, 0.25) is 0 Å². The zero-order valence-corrected chi connectivity index (χ0v) is 18.6. The summed E-state index contributed by atoms with van der Waals surface area (Å²) >= 11 is 0. The number of carbonyl (C=O) groups is 2. The number of hydrogen-bond donors (Lipinski definition) is 1. The summed E-state index contributed by atoms with van der Waals surface area (Å²) in [4.78, 5) is 34.8. The Hall–Kier alpha value is -2.89. The summed E-state index contributed by atoms with van der Waals surface area (Å²) in [6.07, 6.45) is 6.97.